The third kappa shape index (κ3) is 3.49. The highest BCUT2D eigenvalue weighted by atomic mass is 16.5. The number of nitrogens with one attached hydrogen (secondary N) is 1. The van der Waals surface area contributed by atoms with Crippen molar-refractivity contribution in [1.29, 1.82) is 0 Å². The second-order valence-electron chi connectivity index (χ2n) is 6.28. The van der Waals surface area contributed by atoms with Gasteiger partial charge in [-0.05, 0) is 32.6 Å². The van der Waals surface area contributed by atoms with E-state index in [1.807, 2.05) is 6.92 Å². The number of hydrogen-bond acceptors (Lipinski definition) is 4. The zero-order valence-electron chi connectivity index (χ0n) is 12.1. The molecule has 1 aliphatic heterocycles. The molecule has 2 rings (SSSR count). The average molecular weight is 283 g/mol. The van der Waals surface area contributed by atoms with Crippen molar-refractivity contribution in [3.63, 3.8) is 0 Å². The molecule has 2 amide bonds. The number of primary amides is 1. The SMILES string of the molecule is CC1(N)CCCCC1C(=O)NCC1CCC(C(N)=O)O1. The molecular weight excluding hydrogens is 258 g/mol. The van der Waals surface area contributed by atoms with Crippen molar-refractivity contribution in [3.8, 4) is 0 Å². The highest BCUT2D eigenvalue weighted by Crippen LogP contribution is 2.31. The third-order valence-electron chi connectivity index (χ3n) is 4.50. The van der Waals surface area contributed by atoms with Crippen LogP contribution >= 0.6 is 0 Å². The standard InChI is InChI=1S/C14H25N3O3/c1-14(16)7-3-2-4-10(14)13(19)17-8-9-5-6-11(20-9)12(15)18/h9-11H,2-8,16H2,1H3,(H2,15,18)(H,17,19). The van der Waals surface area contributed by atoms with Gasteiger partial charge in [0.25, 0.3) is 0 Å². The maximum absolute atomic E-state index is 12.2. The van der Waals surface area contributed by atoms with Crippen molar-refractivity contribution in [2.24, 2.45) is 17.4 Å². The first-order chi connectivity index (χ1) is 9.40. The minimum absolute atomic E-state index is 0.000764. The molecule has 1 saturated carbocycles. The smallest absolute Gasteiger partial charge is 0.246 e. The van der Waals surface area contributed by atoms with Crippen molar-refractivity contribution in [2.45, 2.75) is 63.2 Å². The molecule has 0 aromatic carbocycles. The molecule has 1 saturated heterocycles. The van der Waals surface area contributed by atoms with Gasteiger partial charge in [-0.3, -0.25) is 9.59 Å². The fourth-order valence-corrected chi connectivity index (χ4v) is 3.19. The van der Waals surface area contributed by atoms with Gasteiger partial charge in [-0.2, -0.15) is 0 Å². The summed E-state index contributed by atoms with van der Waals surface area (Å²) in [5.41, 5.74) is 11.0. The zero-order chi connectivity index (χ0) is 14.8. The summed E-state index contributed by atoms with van der Waals surface area (Å²) >= 11 is 0. The lowest BCUT2D eigenvalue weighted by molar-refractivity contribution is -0.130. The Morgan fingerprint density at radius 1 is 1.30 bits per heavy atom. The lowest BCUT2D eigenvalue weighted by Gasteiger charge is -2.37. The summed E-state index contributed by atoms with van der Waals surface area (Å²) in [7, 11) is 0. The van der Waals surface area contributed by atoms with Crippen molar-refractivity contribution in [2.75, 3.05) is 6.54 Å². The van der Waals surface area contributed by atoms with E-state index in [0.717, 1.165) is 32.1 Å². The van der Waals surface area contributed by atoms with Crippen LogP contribution in [0.3, 0.4) is 0 Å². The Balaban J connectivity index is 1.79. The first-order valence-electron chi connectivity index (χ1n) is 7.41. The van der Waals surface area contributed by atoms with Crippen molar-refractivity contribution >= 4 is 11.8 Å². The number of hydrogen-bond donors (Lipinski definition) is 3. The van der Waals surface area contributed by atoms with Gasteiger partial charge in [0.2, 0.25) is 11.8 Å². The monoisotopic (exact) mass is 283 g/mol. The summed E-state index contributed by atoms with van der Waals surface area (Å²) in [6.07, 6.45) is 4.61. The molecule has 0 spiro atoms. The van der Waals surface area contributed by atoms with E-state index in [4.69, 9.17) is 16.2 Å². The minimum Gasteiger partial charge on any atom is -0.367 e. The van der Waals surface area contributed by atoms with Crippen LogP contribution in [0.5, 0.6) is 0 Å². The maximum Gasteiger partial charge on any atom is 0.246 e. The molecule has 1 aliphatic carbocycles. The van der Waals surface area contributed by atoms with Crippen LogP contribution in [-0.4, -0.2) is 36.1 Å². The second-order valence-corrected chi connectivity index (χ2v) is 6.28. The van der Waals surface area contributed by atoms with Crippen molar-refractivity contribution < 1.29 is 14.3 Å². The molecule has 6 heteroatoms. The fraction of sp³-hybridized carbons (Fsp3) is 0.857. The van der Waals surface area contributed by atoms with Crippen LogP contribution in [0.15, 0.2) is 0 Å². The minimum atomic E-state index is -0.508. The number of ether oxygens (including phenoxy) is 1. The topological polar surface area (TPSA) is 107 Å². The van der Waals surface area contributed by atoms with Gasteiger partial charge in [0.15, 0.2) is 0 Å². The summed E-state index contributed by atoms with van der Waals surface area (Å²) in [6, 6.07) is 0. The maximum atomic E-state index is 12.2. The molecule has 0 aromatic rings. The number of carbonyl (C=O) groups excluding carboxylic acids is 2. The fourth-order valence-electron chi connectivity index (χ4n) is 3.19. The van der Waals surface area contributed by atoms with Crippen molar-refractivity contribution in [3.05, 3.63) is 0 Å². The van der Waals surface area contributed by atoms with E-state index in [-0.39, 0.29) is 17.9 Å². The summed E-state index contributed by atoms with van der Waals surface area (Å²) in [4.78, 5) is 23.3. The molecule has 1 heterocycles. The Morgan fingerprint density at radius 2 is 2.05 bits per heavy atom. The van der Waals surface area contributed by atoms with Crippen LogP contribution in [0, 0.1) is 5.92 Å². The number of carbonyl (C=O) groups is 2. The van der Waals surface area contributed by atoms with E-state index < -0.39 is 17.6 Å². The highest BCUT2D eigenvalue weighted by molar-refractivity contribution is 5.80. The van der Waals surface area contributed by atoms with Gasteiger partial charge >= 0.3 is 0 Å². The first-order valence-corrected chi connectivity index (χ1v) is 7.41. The van der Waals surface area contributed by atoms with Crippen LogP contribution < -0.4 is 16.8 Å². The van der Waals surface area contributed by atoms with Gasteiger partial charge in [-0.15, -0.1) is 0 Å². The molecular formula is C14H25N3O3. The lowest BCUT2D eigenvalue weighted by Crippen LogP contribution is -2.53. The van der Waals surface area contributed by atoms with E-state index in [0.29, 0.717) is 13.0 Å². The van der Waals surface area contributed by atoms with E-state index in [1.54, 1.807) is 0 Å². The molecule has 0 aromatic heterocycles. The van der Waals surface area contributed by atoms with Gasteiger partial charge in [-0.25, -0.2) is 0 Å². The Bertz CT molecular complexity index is 384. The zero-order valence-corrected chi connectivity index (χ0v) is 12.1. The van der Waals surface area contributed by atoms with Crippen LogP contribution in [-0.2, 0) is 14.3 Å². The van der Waals surface area contributed by atoms with Crippen LogP contribution in [0.4, 0.5) is 0 Å². The predicted molar refractivity (Wildman–Crippen MR) is 74.6 cm³/mol. The summed E-state index contributed by atoms with van der Waals surface area (Å²) in [6.45, 7) is 2.38. The normalized spacial score (nSPS) is 37.6. The molecule has 0 radical (unpaired) electrons. The summed E-state index contributed by atoms with van der Waals surface area (Å²) in [5.74, 6) is -0.564. The molecule has 2 aliphatic rings. The first kappa shape index (κ1) is 15.3. The largest absolute Gasteiger partial charge is 0.367 e. The Morgan fingerprint density at radius 3 is 2.65 bits per heavy atom. The number of nitrogens with two attached hydrogens (primary N) is 2. The molecule has 4 unspecified atom stereocenters. The van der Waals surface area contributed by atoms with E-state index in [2.05, 4.69) is 5.32 Å². The Labute approximate surface area is 119 Å². The molecule has 5 N–H and O–H groups in total. The highest BCUT2D eigenvalue weighted by Gasteiger charge is 2.38. The van der Waals surface area contributed by atoms with E-state index >= 15 is 0 Å². The summed E-state index contributed by atoms with van der Waals surface area (Å²) in [5, 5.41) is 2.91. The Kier molecular flexibility index (Phi) is 4.65. The average Bonchev–Trinajstić information content (AvgIpc) is 2.84. The van der Waals surface area contributed by atoms with Crippen molar-refractivity contribution in [1.82, 2.24) is 5.32 Å². The quantitative estimate of drug-likeness (QED) is 0.677. The molecule has 4 atom stereocenters. The van der Waals surface area contributed by atoms with Crippen LogP contribution in [0.1, 0.15) is 45.4 Å². The van der Waals surface area contributed by atoms with E-state index in [9.17, 15) is 9.59 Å². The predicted octanol–water partition coefficient (Wildman–Crippen LogP) is 0.0431. The lowest BCUT2D eigenvalue weighted by atomic mass is 9.74. The third-order valence-corrected chi connectivity index (χ3v) is 4.50. The van der Waals surface area contributed by atoms with Gasteiger partial charge in [0.05, 0.1) is 12.0 Å². The van der Waals surface area contributed by atoms with Gasteiger partial charge < -0.3 is 21.5 Å². The van der Waals surface area contributed by atoms with Gasteiger partial charge in [-0.1, -0.05) is 12.8 Å². The van der Waals surface area contributed by atoms with Gasteiger partial charge in [0.1, 0.15) is 6.10 Å². The Hall–Kier alpha value is -1.14. The molecule has 2 fully saturated rings. The number of rotatable bonds is 4. The van der Waals surface area contributed by atoms with Gasteiger partial charge in [0, 0.05) is 12.1 Å². The van der Waals surface area contributed by atoms with Crippen LogP contribution in [0.25, 0.3) is 0 Å². The molecule has 20 heavy (non-hydrogen) atoms. The van der Waals surface area contributed by atoms with Crippen LogP contribution in [0.2, 0.25) is 0 Å². The molecule has 0 bridgehead atoms. The number of amides is 2. The van der Waals surface area contributed by atoms with E-state index in [1.165, 1.54) is 0 Å². The second kappa shape index (κ2) is 6.10. The summed E-state index contributed by atoms with van der Waals surface area (Å²) < 4.78 is 5.49. The molecule has 6 nitrogen and oxygen atoms in total. The molecule has 114 valence electrons.